The van der Waals surface area contributed by atoms with Crippen molar-refractivity contribution in [1.82, 2.24) is 5.32 Å². The Morgan fingerprint density at radius 2 is 2.00 bits per heavy atom. The average molecular weight is 328 g/mol. The summed E-state index contributed by atoms with van der Waals surface area (Å²) >= 11 is 0. The molecule has 1 aliphatic heterocycles. The molecule has 1 saturated heterocycles. The lowest BCUT2D eigenvalue weighted by Crippen LogP contribution is -2.31. The van der Waals surface area contributed by atoms with Crippen molar-refractivity contribution < 1.29 is 5.11 Å². The summed E-state index contributed by atoms with van der Waals surface area (Å²) in [6, 6.07) is 0.411. The maximum absolute atomic E-state index is 10.5. The van der Waals surface area contributed by atoms with Gasteiger partial charge < -0.3 is 5.11 Å². The fourth-order valence-electron chi connectivity index (χ4n) is 4.69. The van der Waals surface area contributed by atoms with Crippen LogP contribution in [0, 0.1) is 5.92 Å². The van der Waals surface area contributed by atoms with Crippen LogP contribution >= 0.6 is 0 Å². The van der Waals surface area contributed by atoms with E-state index < -0.39 is 6.23 Å². The monoisotopic (exact) mass is 327 g/mol. The average Bonchev–Trinajstić information content (AvgIpc) is 2.89. The van der Waals surface area contributed by atoms with Gasteiger partial charge in [-0.15, -0.1) is 0 Å². The molecule has 1 fully saturated rings. The molecule has 2 nitrogen and oxygen atoms in total. The van der Waals surface area contributed by atoms with Crippen molar-refractivity contribution in [2.24, 2.45) is 5.92 Å². The summed E-state index contributed by atoms with van der Waals surface area (Å²) in [5, 5.41) is 13.9. The zero-order chi connectivity index (χ0) is 17.1. The normalized spacial score (nSPS) is 33.0. The molecule has 3 atom stereocenters. The summed E-state index contributed by atoms with van der Waals surface area (Å²) < 4.78 is 0. The van der Waals surface area contributed by atoms with Gasteiger partial charge in [0.1, 0.15) is 6.23 Å². The molecule has 132 valence electrons. The second-order valence-corrected chi connectivity index (χ2v) is 7.75. The Morgan fingerprint density at radius 3 is 2.75 bits per heavy atom. The lowest BCUT2D eigenvalue weighted by Gasteiger charge is -2.23. The Balaban J connectivity index is 1.95. The van der Waals surface area contributed by atoms with Gasteiger partial charge in [0.25, 0.3) is 0 Å². The van der Waals surface area contributed by atoms with Crippen LogP contribution in [-0.2, 0) is 0 Å². The molecule has 1 unspecified atom stereocenters. The third-order valence-electron chi connectivity index (χ3n) is 6.02. The lowest BCUT2D eigenvalue weighted by molar-refractivity contribution is 0.185. The highest BCUT2D eigenvalue weighted by molar-refractivity contribution is 5.44. The molecule has 0 bridgehead atoms. The molecule has 3 aliphatic rings. The standard InChI is InChI=1S/C22H33NO/c1-4-9-17(18-11-6-5-10-15(18)2)16(3)14-20-19-12-7-8-13-21(19)23-22(20)24/h7-8,14,19,21-24H,4-6,9-13H2,1-3H3/b17-16+,20-14-/t19?,21-,22+/m0/s1. The van der Waals surface area contributed by atoms with E-state index in [1.54, 1.807) is 16.7 Å². The molecule has 0 radical (unpaired) electrons. The van der Waals surface area contributed by atoms with Crippen LogP contribution in [0.1, 0.15) is 72.1 Å². The molecule has 0 saturated carbocycles. The third kappa shape index (κ3) is 3.60. The highest BCUT2D eigenvalue weighted by atomic mass is 16.3. The highest BCUT2D eigenvalue weighted by Crippen LogP contribution is 2.37. The molecule has 0 aromatic rings. The predicted octanol–water partition coefficient (Wildman–Crippen LogP) is 5.18. The van der Waals surface area contributed by atoms with Gasteiger partial charge in [0, 0.05) is 12.0 Å². The van der Waals surface area contributed by atoms with Gasteiger partial charge in [-0.3, -0.25) is 5.32 Å². The molecule has 2 heteroatoms. The largest absolute Gasteiger partial charge is 0.375 e. The first-order valence-corrected chi connectivity index (χ1v) is 9.81. The number of rotatable bonds is 4. The minimum Gasteiger partial charge on any atom is -0.375 e. The Labute approximate surface area is 147 Å². The van der Waals surface area contributed by atoms with Crippen molar-refractivity contribution >= 4 is 0 Å². The van der Waals surface area contributed by atoms with Crippen molar-refractivity contribution in [2.75, 3.05) is 0 Å². The Bertz CT molecular complexity index is 593. The van der Waals surface area contributed by atoms with Crippen LogP contribution in [0.5, 0.6) is 0 Å². The molecular formula is C22H33NO. The molecule has 2 aliphatic carbocycles. The Kier molecular flexibility index (Phi) is 5.78. The molecule has 0 spiro atoms. The number of aliphatic hydroxyl groups excluding tert-OH is 1. The predicted molar refractivity (Wildman–Crippen MR) is 102 cm³/mol. The van der Waals surface area contributed by atoms with E-state index >= 15 is 0 Å². The van der Waals surface area contributed by atoms with Gasteiger partial charge in [-0.05, 0) is 81.1 Å². The van der Waals surface area contributed by atoms with Gasteiger partial charge in [-0.1, -0.05) is 37.1 Å². The van der Waals surface area contributed by atoms with E-state index in [2.05, 4.69) is 44.3 Å². The number of aliphatic hydroxyl groups is 1. The van der Waals surface area contributed by atoms with Crippen molar-refractivity contribution in [3.05, 3.63) is 46.1 Å². The second-order valence-electron chi connectivity index (χ2n) is 7.75. The van der Waals surface area contributed by atoms with E-state index in [0.717, 1.165) is 19.3 Å². The summed E-state index contributed by atoms with van der Waals surface area (Å²) in [7, 11) is 0. The number of hydrogen-bond donors (Lipinski definition) is 2. The minimum absolute atomic E-state index is 0.411. The maximum Gasteiger partial charge on any atom is 0.127 e. The number of hydrogen-bond acceptors (Lipinski definition) is 2. The van der Waals surface area contributed by atoms with E-state index in [0.29, 0.717) is 12.0 Å². The topological polar surface area (TPSA) is 32.3 Å². The fourth-order valence-corrected chi connectivity index (χ4v) is 4.69. The first kappa shape index (κ1) is 17.7. The van der Waals surface area contributed by atoms with E-state index in [9.17, 15) is 5.11 Å². The Morgan fingerprint density at radius 1 is 1.25 bits per heavy atom. The summed E-state index contributed by atoms with van der Waals surface area (Å²) in [4.78, 5) is 0. The first-order chi connectivity index (χ1) is 11.6. The summed E-state index contributed by atoms with van der Waals surface area (Å²) in [5.41, 5.74) is 7.32. The lowest BCUT2D eigenvalue weighted by atomic mass is 9.82. The van der Waals surface area contributed by atoms with Crippen LogP contribution in [0.4, 0.5) is 0 Å². The zero-order valence-corrected chi connectivity index (χ0v) is 15.6. The smallest absolute Gasteiger partial charge is 0.127 e. The van der Waals surface area contributed by atoms with Gasteiger partial charge in [-0.2, -0.15) is 0 Å². The highest BCUT2D eigenvalue weighted by Gasteiger charge is 2.37. The van der Waals surface area contributed by atoms with Gasteiger partial charge in [0.15, 0.2) is 0 Å². The molecule has 24 heavy (non-hydrogen) atoms. The SMILES string of the molecule is CCC/C(C1=C(C)CCCC1)=C(C)\C=C1\C2CC=CC[C@@H]2N[C@@H]1O. The fraction of sp³-hybridized carbons (Fsp3) is 0.636. The van der Waals surface area contributed by atoms with Crippen LogP contribution < -0.4 is 5.32 Å². The van der Waals surface area contributed by atoms with Gasteiger partial charge in [0.05, 0.1) is 0 Å². The van der Waals surface area contributed by atoms with Gasteiger partial charge in [-0.25, -0.2) is 0 Å². The van der Waals surface area contributed by atoms with Crippen LogP contribution in [0.15, 0.2) is 46.1 Å². The maximum atomic E-state index is 10.5. The summed E-state index contributed by atoms with van der Waals surface area (Å²) in [5.74, 6) is 0.462. The van der Waals surface area contributed by atoms with E-state index in [1.165, 1.54) is 43.3 Å². The van der Waals surface area contributed by atoms with E-state index in [4.69, 9.17) is 0 Å². The first-order valence-electron chi connectivity index (χ1n) is 9.81. The van der Waals surface area contributed by atoms with Crippen LogP contribution in [0.3, 0.4) is 0 Å². The van der Waals surface area contributed by atoms with Crippen molar-refractivity contribution in [3.63, 3.8) is 0 Å². The molecule has 0 aromatic heterocycles. The molecule has 3 rings (SSSR count). The number of allylic oxidation sites excluding steroid dienone is 6. The molecular weight excluding hydrogens is 294 g/mol. The van der Waals surface area contributed by atoms with Gasteiger partial charge in [0.2, 0.25) is 0 Å². The minimum atomic E-state index is -0.473. The number of fused-ring (bicyclic) bond motifs is 1. The molecule has 0 amide bonds. The molecule has 0 aromatic carbocycles. The summed E-state index contributed by atoms with van der Waals surface area (Å²) in [6.45, 7) is 6.84. The molecule has 2 N–H and O–H groups in total. The Hall–Kier alpha value is -1.12. The van der Waals surface area contributed by atoms with Crippen LogP contribution in [0.25, 0.3) is 0 Å². The van der Waals surface area contributed by atoms with Crippen molar-refractivity contribution in [2.45, 2.75) is 84.4 Å². The van der Waals surface area contributed by atoms with Crippen LogP contribution in [-0.4, -0.2) is 17.4 Å². The number of nitrogens with one attached hydrogen (secondary N) is 1. The van der Waals surface area contributed by atoms with Gasteiger partial charge >= 0.3 is 0 Å². The summed E-state index contributed by atoms with van der Waals surface area (Å²) in [6.07, 6.45) is 15.9. The van der Waals surface area contributed by atoms with Crippen LogP contribution in [0.2, 0.25) is 0 Å². The zero-order valence-electron chi connectivity index (χ0n) is 15.6. The van der Waals surface area contributed by atoms with Crippen molar-refractivity contribution in [3.8, 4) is 0 Å². The van der Waals surface area contributed by atoms with E-state index in [-0.39, 0.29) is 0 Å². The molecule has 1 heterocycles. The quantitative estimate of drug-likeness (QED) is 0.698. The van der Waals surface area contributed by atoms with Crippen molar-refractivity contribution in [1.29, 1.82) is 0 Å². The third-order valence-corrected chi connectivity index (χ3v) is 6.02. The second kappa shape index (κ2) is 7.84. The van der Waals surface area contributed by atoms with E-state index in [1.807, 2.05) is 0 Å².